The first-order valence-electron chi connectivity index (χ1n) is 2.66. The lowest BCUT2D eigenvalue weighted by Crippen LogP contribution is -2.10. The van der Waals surface area contributed by atoms with E-state index in [1.165, 1.54) is 0 Å². The Hall–Kier alpha value is 0.0800. The van der Waals surface area contributed by atoms with Crippen LogP contribution in [0, 0.1) is 3.83 Å². The molecule has 0 aliphatic carbocycles. The Morgan fingerprint density at radius 1 is 1.42 bits per heavy atom. The largest absolute Gasteiger partial charge is 0.434 e. The molecule has 0 atom stereocenters. The van der Waals surface area contributed by atoms with Gasteiger partial charge in [-0.25, -0.2) is 9.97 Å². The fourth-order valence-electron chi connectivity index (χ4n) is 0.544. The Kier molecular flexibility index (Phi) is 2.92. The van der Waals surface area contributed by atoms with Crippen LogP contribution in [-0.4, -0.2) is 9.97 Å². The van der Waals surface area contributed by atoms with Gasteiger partial charge in [0, 0.05) is 28.8 Å². The molecule has 2 nitrogen and oxygen atoms in total. The maximum absolute atomic E-state index is 12.1. The van der Waals surface area contributed by atoms with E-state index in [0.717, 1.165) is 6.20 Å². The number of hydrogen-bond acceptors (Lipinski definition) is 2. The van der Waals surface area contributed by atoms with E-state index < -0.39 is 11.9 Å². The minimum atomic E-state index is -4.43. The van der Waals surface area contributed by atoms with Crippen molar-refractivity contribution in [3.8, 4) is 0 Å². The first-order valence-corrected chi connectivity index (χ1v) is 4.53. The van der Waals surface area contributed by atoms with E-state index in [-0.39, 0.29) is 8.30 Å². The molecule has 0 radical (unpaired) electrons. The van der Waals surface area contributed by atoms with Crippen molar-refractivity contribution < 1.29 is 13.2 Å². The topological polar surface area (TPSA) is 25.8 Å². The number of nitrogens with zero attached hydrogens (tertiary/aromatic N) is 2. The van der Waals surface area contributed by atoms with Crippen molar-refractivity contribution in [2.75, 3.05) is 0 Å². The number of halogens is 5. The zero-order valence-electron chi connectivity index (χ0n) is 5.36. The van der Waals surface area contributed by atoms with E-state index in [9.17, 15) is 13.2 Å². The molecule has 66 valence electrons. The molecule has 1 heterocycles. The molecule has 12 heavy (non-hydrogen) atoms. The molecule has 0 fully saturated rings. The fourth-order valence-corrected chi connectivity index (χ4v) is 1.34. The highest BCUT2D eigenvalue weighted by Crippen LogP contribution is 2.32. The molecule has 0 aliphatic rings. The van der Waals surface area contributed by atoms with E-state index in [2.05, 4.69) is 25.9 Å². The summed E-state index contributed by atoms with van der Waals surface area (Å²) in [4.78, 5) is 6.83. The third kappa shape index (κ3) is 2.28. The van der Waals surface area contributed by atoms with E-state index in [0.29, 0.717) is 0 Å². The highest BCUT2D eigenvalue weighted by Gasteiger charge is 2.35. The van der Waals surface area contributed by atoms with Gasteiger partial charge in [-0.05, 0) is 15.9 Å². The van der Waals surface area contributed by atoms with Crippen LogP contribution >= 0.6 is 38.5 Å². The van der Waals surface area contributed by atoms with Gasteiger partial charge in [0.05, 0.1) is 4.47 Å². The molecule has 0 N–H and O–H groups in total. The Labute approximate surface area is 87.9 Å². The van der Waals surface area contributed by atoms with Gasteiger partial charge in [0.15, 0.2) is 9.53 Å². The van der Waals surface area contributed by atoms with E-state index in [1.807, 2.05) is 0 Å². The summed E-state index contributed by atoms with van der Waals surface area (Å²) >= 11 is 4.34. The molecule has 0 aromatic carbocycles. The predicted molar refractivity (Wildman–Crippen MR) is 47.5 cm³/mol. The second-order valence-electron chi connectivity index (χ2n) is 1.83. The lowest BCUT2D eigenvalue weighted by Gasteiger charge is -2.06. The fraction of sp³-hybridized carbons (Fsp3) is 0.200. The van der Waals surface area contributed by atoms with Gasteiger partial charge in [0.1, 0.15) is 0 Å². The summed E-state index contributed by atoms with van der Waals surface area (Å²) in [6, 6.07) is 0. The molecule has 0 amide bonds. The molecule has 0 bridgehead atoms. The molecule has 0 saturated heterocycles. The van der Waals surface area contributed by atoms with Gasteiger partial charge in [-0.15, -0.1) is 0 Å². The van der Waals surface area contributed by atoms with Crippen molar-refractivity contribution in [2.45, 2.75) is 6.18 Å². The normalized spacial score (nSPS) is 11.8. The number of alkyl halides is 3. The predicted octanol–water partition coefficient (Wildman–Crippen LogP) is 2.86. The summed E-state index contributed by atoms with van der Waals surface area (Å²) < 4.78 is 36.2. The van der Waals surface area contributed by atoms with Gasteiger partial charge in [-0.3, -0.25) is 0 Å². The number of aromatic nitrogens is 2. The van der Waals surface area contributed by atoms with E-state index >= 15 is 0 Å². The standard InChI is InChI=1S/C5HBrF3IN2/c6-2-1-11-4(10)12-3(2)5(7,8)9/h1H. The van der Waals surface area contributed by atoms with Crippen molar-refractivity contribution in [3.63, 3.8) is 0 Å². The van der Waals surface area contributed by atoms with Crippen molar-refractivity contribution in [3.05, 3.63) is 20.2 Å². The molecular weight excluding hydrogens is 352 g/mol. The third-order valence-electron chi connectivity index (χ3n) is 0.983. The van der Waals surface area contributed by atoms with Crippen LogP contribution in [0.2, 0.25) is 0 Å². The van der Waals surface area contributed by atoms with Crippen LogP contribution in [0.25, 0.3) is 0 Å². The van der Waals surface area contributed by atoms with Crippen molar-refractivity contribution in [1.29, 1.82) is 0 Å². The highest BCUT2D eigenvalue weighted by molar-refractivity contribution is 14.1. The summed E-state index contributed by atoms with van der Waals surface area (Å²) in [6.07, 6.45) is -3.35. The zero-order valence-corrected chi connectivity index (χ0v) is 9.11. The van der Waals surface area contributed by atoms with E-state index in [1.54, 1.807) is 22.6 Å². The third-order valence-corrected chi connectivity index (χ3v) is 2.08. The summed E-state index contributed by atoms with van der Waals surface area (Å²) in [5, 5.41) is 0. The van der Waals surface area contributed by atoms with Gasteiger partial charge >= 0.3 is 6.18 Å². The van der Waals surface area contributed by atoms with E-state index in [4.69, 9.17) is 0 Å². The maximum atomic E-state index is 12.1. The lowest BCUT2D eigenvalue weighted by molar-refractivity contribution is -0.142. The van der Waals surface area contributed by atoms with Crippen molar-refractivity contribution in [1.82, 2.24) is 9.97 Å². The summed E-state index contributed by atoms with van der Waals surface area (Å²) in [5.74, 6) is 0. The smallest absolute Gasteiger partial charge is 0.230 e. The minimum absolute atomic E-state index is 0.0723. The summed E-state index contributed by atoms with van der Waals surface area (Å²) in [5.41, 5.74) is -0.943. The number of rotatable bonds is 0. The molecule has 7 heteroatoms. The van der Waals surface area contributed by atoms with Gasteiger partial charge in [-0.1, -0.05) is 0 Å². The van der Waals surface area contributed by atoms with Crippen LogP contribution in [0.3, 0.4) is 0 Å². The van der Waals surface area contributed by atoms with Gasteiger partial charge in [0.25, 0.3) is 0 Å². The van der Waals surface area contributed by atoms with Crippen molar-refractivity contribution in [2.24, 2.45) is 0 Å². The maximum Gasteiger partial charge on any atom is 0.434 e. The van der Waals surface area contributed by atoms with Gasteiger partial charge < -0.3 is 0 Å². The molecule has 1 rings (SSSR count). The minimum Gasteiger partial charge on any atom is -0.230 e. The molecule has 0 unspecified atom stereocenters. The second kappa shape index (κ2) is 3.44. The molecular formula is C5HBrF3IN2. The molecule has 0 aliphatic heterocycles. The summed E-state index contributed by atoms with van der Waals surface area (Å²) in [7, 11) is 0. The lowest BCUT2D eigenvalue weighted by atomic mass is 10.4. The Morgan fingerprint density at radius 3 is 2.42 bits per heavy atom. The highest BCUT2D eigenvalue weighted by atomic mass is 127. The first-order chi connectivity index (χ1) is 5.41. The SMILES string of the molecule is FC(F)(F)c1nc(I)ncc1Br. The number of hydrogen-bond donors (Lipinski definition) is 0. The second-order valence-corrected chi connectivity index (χ2v) is 3.65. The molecule has 1 aromatic rings. The Morgan fingerprint density at radius 2 is 2.00 bits per heavy atom. The van der Waals surface area contributed by atoms with Crippen LogP contribution < -0.4 is 0 Å². The van der Waals surface area contributed by atoms with Crippen LogP contribution in [0.1, 0.15) is 5.69 Å². The van der Waals surface area contributed by atoms with Crippen LogP contribution in [0.5, 0.6) is 0 Å². The van der Waals surface area contributed by atoms with Crippen LogP contribution in [0.15, 0.2) is 10.7 Å². The Bertz CT molecular complexity index is 301. The quantitative estimate of drug-likeness (QED) is 0.530. The average Bonchev–Trinajstić information content (AvgIpc) is 1.92. The van der Waals surface area contributed by atoms with Crippen LogP contribution in [-0.2, 0) is 6.18 Å². The van der Waals surface area contributed by atoms with Crippen LogP contribution in [0.4, 0.5) is 13.2 Å². The molecule has 1 aromatic heterocycles. The average molecular weight is 353 g/mol. The zero-order chi connectivity index (χ0) is 9.35. The first kappa shape index (κ1) is 10.2. The van der Waals surface area contributed by atoms with Gasteiger partial charge in [-0.2, -0.15) is 13.2 Å². The monoisotopic (exact) mass is 352 g/mol. The van der Waals surface area contributed by atoms with Crippen molar-refractivity contribution >= 4 is 38.5 Å². The summed E-state index contributed by atoms with van der Waals surface area (Å²) in [6.45, 7) is 0. The molecule has 0 saturated carbocycles. The Balaban J connectivity index is 3.23. The molecule has 0 spiro atoms. The van der Waals surface area contributed by atoms with Gasteiger partial charge in [0.2, 0.25) is 0 Å².